The summed E-state index contributed by atoms with van der Waals surface area (Å²) < 4.78 is 5.01. The molecular formula is C16H22N6O2. The van der Waals surface area contributed by atoms with Gasteiger partial charge in [-0.05, 0) is 38.9 Å². The van der Waals surface area contributed by atoms with Gasteiger partial charge in [0.1, 0.15) is 0 Å². The molecule has 0 aromatic carbocycles. The molecule has 1 aliphatic rings. The van der Waals surface area contributed by atoms with Gasteiger partial charge in [0.2, 0.25) is 11.8 Å². The summed E-state index contributed by atoms with van der Waals surface area (Å²) in [5, 5.41) is 14.6. The molecule has 0 spiro atoms. The van der Waals surface area contributed by atoms with Crippen molar-refractivity contribution in [2.75, 3.05) is 36.9 Å². The number of amides is 1. The van der Waals surface area contributed by atoms with E-state index in [1.54, 1.807) is 12.3 Å². The maximum absolute atomic E-state index is 12.1. The summed E-state index contributed by atoms with van der Waals surface area (Å²) in [6.45, 7) is 3.92. The van der Waals surface area contributed by atoms with E-state index in [0.29, 0.717) is 18.5 Å². The standard InChI is InChI=1S/C16H22N6O2/c1-12-9-16(24-20-12)18-15(23)11-21(2)13-5-4-8-22(10-13)14-6-3-7-17-19-14/h3,6-7,9,13H,4-5,8,10-11H2,1-2H3,(H,18,23). The van der Waals surface area contributed by atoms with Gasteiger partial charge >= 0.3 is 0 Å². The second kappa shape index (κ2) is 7.39. The SMILES string of the molecule is Cc1cc(NC(=O)CN(C)C2CCCN(c3cccnn3)C2)on1. The van der Waals surface area contributed by atoms with Crippen molar-refractivity contribution in [3.8, 4) is 0 Å². The number of piperidine rings is 1. The normalized spacial score (nSPS) is 18.0. The molecule has 1 N–H and O–H groups in total. The van der Waals surface area contributed by atoms with Crippen LogP contribution < -0.4 is 10.2 Å². The third-order valence-electron chi connectivity index (χ3n) is 4.19. The van der Waals surface area contributed by atoms with Crippen LogP contribution in [0.1, 0.15) is 18.5 Å². The number of rotatable bonds is 5. The zero-order valence-corrected chi connectivity index (χ0v) is 14.0. The van der Waals surface area contributed by atoms with Crippen LogP contribution in [-0.4, -0.2) is 58.9 Å². The highest BCUT2D eigenvalue weighted by molar-refractivity contribution is 5.90. The first kappa shape index (κ1) is 16.4. The van der Waals surface area contributed by atoms with Gasteiger partial charge in [-0.25, -0.2) is 0 Å². The van der Waals surface area contributed by atoms with E-state index in [2.05, 4.69) is 30.5 Å². The minimum absolute atomic E-state index is 0.106. The van der Waals surface area contributed by atoms with Crippen LogP contribution >= 0.6 is 0 Å². The number of carbonyl (C=O) groups is 1. The van der Waals surface area contributed by atoms with Crippen LogP contribution in [0.3, 0.4) is 0 Å². The molecule has 0 radical (unpaired) electrons. The highest BCUT2D eigenvalue weighted by Gasteiger charge is 2.25. The van der Waals surface area contributed by atoms with Crippen LogP contribution in [0.5, 0.6) is 0 Å². The molecule has 1 fully saturated rings. The molecule has 8 nitrogen and oxygen atoms in total. The number of nitrogens with zero attached hydrogens (tertiary/aromatic N) is 5. The monoisotopic (exact) mass is 330 g/mol. The Bertz CT molecular complexity index is 674. The lowest BCUT2D eigenvalue weighted by Crippen LogP contribution is -2.48. The minimum Gasteiger partial charge on any atom is -0.354 e. The Balaban J connectivity index is 1.54. The van der Waals surface area contributed by atoms with Gasteiger partial charge in [0.05, 0.1) is 12.2 Å². The Morgan fingerprint density at radius 3 is 3.12 bits per heavy atom. The number of hydrogen-bond acceptors (Lipinski definition) is 7. The van der Waals surface area contributed by atoms with Crippen LogP contribution in [0.25, 0.3) is 0 Å². The molecule has 1 saturated heterocycles. The van der Waals surface area contributed by atoms with Gasteiger partial charge in [0.25, 0.3) is 0 Å². The van der Waals surface area contributed by atoms with Crippen molar-refractivity contribution in [3.63, 3.8) is 0 Å². The highest BCUT2D eigenvalue weighted by Crippen LogP contribution is 2.19. The fourth-order valence-electron chi connectivity index (χ4n) is 2.94. The largest absolute Gasteiger partial charge is 0.354 e. The smallest absolute Gasteiger partial charge is 0.240 e. The van der Waals surface area contributed by atoms with Gasteiger partial charge in [-0.1, -0.05) is 5.16 Å². The number of likely N-dealkylation sites (N-methyl/N-ethyl adjacent to an activating group) is 1. The van der Waals surface area contributed by atoms with Crippen molar-refractivity contribution in [1.82, 2.24) is 20.3 Å². The molecule has 3 rings (SSSR count). The van der Waals surface area contributed by atoms with E-state index in [4.69, 9.17) is 4.52 Å². The molecule has 1 unspecified atom stereocenters. The lowest BCUT2D eigenvalue weighted by Gasteiger charge is -2.37. The number of aryl methyl sites for hydroxylation is 1. The molecule has 128 valence electrons. The van der Waals surface area contributed by atoms with E-state index in [9.17, 15) is 4.79 Å². The van der Waals surface area contributed by atoms with Crippen molar-refractivity contribution >= 4 is 17.6 Å². The van der Waals surface area contributed by atoms with Crippen molar-refractivity contribution < 1.29 is 9.32 Å². The van der Waals surface area contributed by atoms with Gasteiger partial charge in [-0.15, -0.1) is 5.10 Å². The first-order valence-electron chi connectivity index (χ1n) is 8.08. The zero-order chi connectivity index (χ0) is 16.9. The van der Waals surface area contributed by atoms with Crippen molar-refractivity contribution in [3.05, 3.63) is 30.1 Å². The Kier molecular flexibility index (Phi) is 5.05. The van der Waals surface area contributed by atoms with E-state index < -0.39 is 0 Å². The molecule has 1 atom stereocenters. The van der Waals surface area contributed by atoms with Crippen LogP contribution in [0.4, 0.5) is 11.7 Å². The first-order chi connectivity index (χ1) is 11.6. The second-order valence-electron chi connectivity index (χ2n) is 6.12. The summed E-state index contributed by atoms with van der Waals surface area (Å²) in [4.78, 5) is 16.4. The van der Waals surface area contributed by atoms with E-state index >= 15 is 0 Å². The number of nitrogens with one attached hydrogen (secondary N) is 1. The van der Waals surface area contributed by atoms with E-state index in [0.717, 1.165) is 37.4 Å². The van der Waals surface area contributed by atoms with Gasteiger partial charge in [-0.3, -0.25) is 15.0 Å². The maximum Gasteiger partial charge on any atom is 0.240 e. The molecular weight excluding hydrogens is 308 g/mol. The Hall–Kier alpha value is -2.48. The predicted molar refractivity (Wildman–Crippen MR) is 89.8 cm³/mol. The summed E-state index contributed by atoms with van der Waals surface area (Å²) in [5.41, 5.74) is 0.741. The molecule has 2 aromatic heterocycles. The molecule has 8 heteroatoms. The molecule has 1 amide bonds. The van der Waals surface area contributed by atoms with Crippen molar-refractivity contribution in [2.45, 2.75) is 25.8 Å². The summed E-state index contributed by atoms with van der Waals surface area (Å²) in [5.74, 6) is 1.16. The summed E-state index contributed by atoms with van der Waals surface area (Å²) in [7, 11) is 1.97. The molecule has 2 aromatic rings. The average Bonchev–Trinajstić information content (AvgIpc) is 3.00. The van der Waals surface area contributed by atoms with Crippen LogP contribution in [0.2, 0.25) is 0 Å². The number of hydrogen-bond donors (Lipinski definition) is 1. The Morgan fingerprint density at radius 2 is 2.42 bits per heavy atom. The van der Waals surface area contributed by atoms with E-state index in [1.807, 2.05) is 26.1 Å². The van der Waals surface area contributed by atoms with E-state index in [1.165, 1.54) is 0 Å². The second-order valence-corrected chi connectivity index (χ2v) is 6.12. The van der Waals surface area contributed by atoms with Gasteiger partial charge in [-0.2, -0.15) is 5.10 Å². The molecule has 0 aliphatic carbocycles. The average molecular weight is 330 g/mol. The van der Waals surface area contributed by atoms with Crippen LogP contribution in [-0.2, 0) is 4.79 Å². The zero-order valence-electron chi connectivity index (χ0n) is 14.0. The number of anilines is 2. The van der Waals surface area contributed by atoms with Gasteiger partial charge in [0.15, 0.2) is 5.82 Å². The summed E-state index contributed by atoms with van der Waals surface area (Å²) >= 11 is 0. The van der Waals surface area contributed by atoms with Crippen molar-refractivity contribution in [1.29, 1.82) is 0 Å². The molecule has 3 heterocycles. The van der Waals surface area contributed by atoms with Crippen molar-refractivity contribution in [2.24, 2.45) is 0 Å². The molecule has 0 bridgehead atoms. The topological polar surface area (TPSA) is 87.4 Å². The quantitative estimate of drug-likeness (QED) is 0.884. The van der Waals surface area contributed by atoms with Crippen LogP contribution in [0.15, 0.2) is 28.9 Å². The lowest BCUT2D eigenvalue weighted by molar-refractivity contribution is -0.117. The fourth-order valence-corrected chi connectivity index (χ4v) is 2.94. The maximum atomic E-state index is 12.1. The van der Waals surface area contributed by atoms with Gasteiger partial charge in [0, 0.05) is 31.4 Å². The Morgan fingerprint density at radius 1 is 1.54 bits per heavy atom. The third-order valence-corrected chi connectivity index (χ3v) is 4.19. The number of aromatic nitrogens is 3. The van der Waals surface area contributed by atoms with E-state index in [-0.39, 0.29) is 5.91 Å². The molecule has 1 aliphatic heterocycles. The van der Waals surface area contributed by atoms with Gasteiger partial charge < -0.3 is 9.42 Å². The Labute approximate surface area is 140 Å². The predicted octanol–water partition coefficient (Wildman–Crippen LogP) is 1.31. The highest BCUT2D eigenvalue weighted by atomic mass is 16.5. The molecule has 24 heavy (non-hydrogen) atoms. The third kappa shape index (κ3) is 4.08. The first-order valence-corrected chi connectivity index (χ1v) is 8.08. The minimum atomic E-state index is -0.106. The summed E-state index contributed by atoms with van der Waals surface area (Å²) in [6.07, 6.45) is 3.79. The van der Waals surface area contributed by atoms with Crippen LogP contribution in [0, 0.1) is 6.92 Å². The fraction of sp³-hybridized carbons (Fsp3) is 0.500. The summed E-state index contributed by atoms with van der Waals surface area (Å²) in [6, 6.07) is 5.86. The number of carbonyl (C=O) groups excluding carboxylic acids is 1. The molecule has 0 saturated carbocycles. The lowest BCUT2D eigenvalue weighted by atomic mass is 10.0.